The summed E-state index contributed by atoms with van der Waals surface area (Å²) in [6.45, 7) is 0.815. The molecule has 1 aromatic rings. The molecule has 0 aromatic heterocycles. The highest BCUT2D eigenvalue weighted by Gasteiger charge is 2.14. The van der Waals surface area contributed by atoms with Crippen molar-refractivity contribution < 1.29 is 12.8 Å². The van der Waals surface area contributed by atoms with Gasteiger partial charge in [0, 0.05) is 13.1 Å². The Balaban J connectivity index is 0.00000256. The van der Waals surface area contributed by atoms with E-state index >= 15 is 0 Å². The summed E-state index contributed by atoms with van der Waals surface area (Å²) >= 11 is 2.94. The molecule has 1 aromatic carbocycles. The Morgan fingerprint density at radius 2 is 2.00 bits per heavy atom. The number of likely N-dealkylation sites (N-methyl/N-ethyl adjacent to an activating group) is 1. The number of halogens is 3. The predicted octanol–water partition coefficient (Wildman–Crippen LogP) is 1.51. The molecule has 4 nitrogen and oxygen atoms in total. The Bertz CT molecular complexity index is 470. The zero-order valence-corrected chi connectivity index (χ0v) is 12.3. The Morgan fingerprint density at radius 1 is 1.35 bits per heavy atom. The summed E-state index contributed by atoms with van der Waals surface area (Å²) in [5.41, 5.74) is 0. The van der Waals surface area contributed by atoms with Crippen LogP contribution in [-0.2, 0) is 10.0 Å². The third kappa shape index (κ3) is 4.89. The highest BCUT2D eigenvalue weighted by atomic mass is 79.9. The summed E-state index contributed by atoms with van der Waals surface area (Å²) < 4.78 is 38.8. The van der Waals surface area contributed by atoms with Crippen molar-refractivity contribution >= 4 is 38.4 Å². The Labute approximate surface area is 115 Å². The highest BCUT2D eigenvalue weighted by molar-refractivity contribution is 9.10. The van der Waals surface area contributed by atoms with Crippen molar-refractivity contribution in [1.29, 1.82) is 0 Å². The van der Waals surface area contributed by atoms with Crippen molar-refractivity contribution in [3.63, 3.8) is 0 Å². The van der Waals surface area contributed by atoms with Crippen molar-refractivity contribution in [2.75, 3.05) is 20.1 Å². The normalized spacial score (nSPS) is 11.0. The molecule has 0 fully saturated rings. The first-order chi connectivity index (χ1) is 7.47. The molecule has 0 heterocycles. The van der Waals surface area contributed by atoms with Gasteiger partial charge in [-0.1, -0.05) is 0 Å². The lowest BCUT2D eigenvalue weighted by molar-refractivity contribution is 0.578. The standard InChI is InChI=1S/C9H12BrFN2O2S.ClH/c1-12-4-5-13-16(14,15)7-2-3-9(11)8(10)6-7;/h2-3,6,12-13H,4-5H2,1H3;1H. The summed E-state index contributed by atoms with van der Waals surface area (Å²) in [4.78, 5) is 0.0388. The number of rotatable bonds is 5. The average Bonchev–Trinajstić information content (AvgIpc) is 2.22. The molecule has 0 spiro atoms. The summed E-state index contributed by atoms with van der Waals surface area (Å²) in [6, 6.07) is 3.57. The van der Waals surface area contributed by atoms with Crippen LogP contribution in [0.4, 0.5) is 4.39 Å². The van der Waals surface area contributed by atoms with Gasteiger partial charge in [-0.3, -0.25) is 0 Å². The molecular formula is C9H13BrClFN2O2S. The molecule has 0 atom stereocenters. The first-order valence-electron chi connectivity index (χ1n) is 4.56. The van der Waals surface area contributed by atoms with E-state index in [1.54, 1.807) is 7.05 Å². The lowest BCUT2D eigenvalue weighted by Gasteiger charge is -2.06. The van der Waals surface area contributed by atoms with E-state index in [1.165, 1.54) is 12.1 Å². The SMILES string of the molecule is CNCCNS(=O)(=O)c1ccc(F)c(Br)c1.Cl. The molecule has 0 aliphatic heterocycles. The predicted molar refractivity (Wildman–Crippen MR) is 70.5 cm³/mol. The summed E-state index contributed by atoms with van der Waals surface area (Å²) in [7, 11) is -1.83. The molecule has 0 amide bonds. The second-order valence-electron chi connectivity index (χ2n) is 3.08. The third-order valence-corrected chi connectivity index (χ3v) is 3.93. The maximum atomic E-state index is 12.9. The Morgan fingerprint density at radius 3 is 2.53 bits per heavy atom. The number of hydrogen-bond acceptors (Lipinski definition) is 3. The van der Waals surface area contributed by atoms with Crippen molar-refractivity contribution in [2.24, 2.45) is 0 Å². The van der Waals surface area contributed by atoms with Gasteiger partial charge in [-0.2, -0.15) is 0 Å². The van der Waals surface area contributed by atoms with E-state index in [4.69, 9.17) is 0 Å². The fourth-order valence-corrected chi connectivity index (χ4v) is 2.63. The van der Waals surface area contributed by atoms with Crippen LogP contribution in [-0.4, -0.2) is 28.6 Å². The minimum atomic E-state index is -3.56. The van der Waals surface area contributed by atoms with Gasteiger partial charge in [-0.25, -0.2) is 17.5 Å². The van der Waals surface area contributed by atoms with Crippen LogP contribution in [0.1, 0.15) is 0 Å². The van der Waals surface area contributed by atoms with Crippen molar-refractivity contribution in [3.05, 3.63) is 28.5 Å². The summed E-state index contributed by atoms with van der Waals surface area (Å²) in [5.74, 6) is -0.492. The van der Waals surface area contributed by atoms with Gasteiger partial charge >= 0.3 is 0 Å². The van der Waals surface area contributed by atoms with Crippen LogP contribution in [0.25, 0.3) is 0 Å². The minimum absolute atomic E-state index is 0. The van der Waals surface area contributed by atoms with Crippen LogP contribution in [0.15, 0.2) is 27.6 Å². The van der Waals surface area contributed by atoms with Crippen molar-refractivity contribution in [2.45, 2.75) is 4.90 Å². The van der Waals surface area contributed by atoms with Crippen molar-refractivity contribution in [3.8, 4) is 0 Å². The molecule has 0 saturated carbocycles. The van der Waals surface area contributed by atoms with Gasteiger partial charge in [0.15, 0.2) is 0 Å². The molecule has 0 aliphatic rings. The zero-order chi connectivity index (χ0) is 12.2. The smallest absolute Gasteiger partial charge is 0.240 e. The monoisotopic (exact) mass is 346 g/mol. The third-order valence-electron chi connectivity index (χ3n) is 1.87. The first kappa shape index (κ1) is 16.8. The summed E-state index contributed by atoms with van der Waals surface area (Å²) in [5, 5.41) is 2.82. The van der Waals surface area contributed by atoms with Gasteiger partial charge in [0.25, 0.3) is 0 Å². The number of hydrogen-bond donors (Lipinski definition) is 2. The molecule has 98 valence electrons. The Kier molecular flexibility index (Phi) is 7.18. The van der Waals surface area contributed by atoms with Gasteiger partial charge in [-0.05, 0) is 41.2 Å². The lowest BCUT2D eigenvalue weighted by Crippen LogP contribution is -2.30. The molecule has 8 heteroatoms. The van der Waals surface area contributed by atoms with Crippen LogP contribution in [0.5, 0.6) is 0 Å². The molecule has 0 bridgehead atoms. The molecular weight excluding hydrogens is 335 g/mol. The van der Waals surface area contributed by atoms with Crippen LogP contribution in [0.2, 0.25) is 0 Å². The van der Waals surface area contributed by atoms with Gasteiger partial charge in [0.05, 0.1) is 9.37 Å². The van der Waals surface area contributed by atoms with E-state index in [9.17, 15) is 12.8 Å². The largest absolute Gasteiger partial charge is 0.318 e. The van der Waals surface area contributed by atoms with Gasteiger partial charge in [-0.15, -0.1) is 12.4 Å². The van der Waals surface area contributed by atoms with Crippen LogP contribution in [0, 0.1) is 5.82 Å². The fourth-order valence-electron chi connectivity index (χ4n) is 1.04. The first-order valence-corrected chi connectivity index (χ1v) is 6.84. The van der Waals surface area contributed by atoms with Gasteiger partial charge in [0.2, 0.25) is 10.0 Å². The molecule has 0 aliphatic carbocycles. The topological polar surface area (TPSA) is 58.2 Å². The molecule has 17 heavy (non-hydrogen) atoms. The molecule has 2 N–H and O–H groups in total. The second kappa shape index (κ2) is 7.27. The fraction of sp³-hybridized carbons (Fsp3) is 0.333. The maximum Gasteiger partial charge on any atom is 0.240 e. The van der Waals surface area contributed by atoms with Gasteiger partial charge < -0.3 is 5.32 Å². The molecule has 0 radical (unpaired) electrons. The van der Waals surface area contributed by atoms with E-state index in [0.29, 0.717) is 6.54 Å². The van der Waals surface area contributed by atoms with Crippen LogP contribution in [0.3, 0.4) is 0 Å². The zero-order valence-electron chi connectivity index (χ0n) is 9.04. The number of benzene rings is 1. The molecule has 0 unspecified atom stereocenters. The van der Waals surface area contributed by atoms with E-state index in [1.807, 2.05) is 0 Å². The quantitative estimate of drug-likeness (QED) is 0.794. The summed E-state index contributed by atoms with van der Waals surface area (Å²) in [6.07, 6.45) is 0. The van der Waals surface area contributed by atoms with E-state index in [0.717, 1.165) is 6.07 Å². The van der Waals surface area contributed by atoms with Crippen molar-refractivity contribution in [1.82, 2.24) is 10.0 Å². The van der Waals surface area contributed by atoms with E-state index < -0.39 is 15.8 Å². The number of nitrogens with one attached hydrogen (secondary N) is 2. The minimum Gasteiger partial charge on any atom is -0.318 e. The lowest BCUT2D eigenvalue weighted by atomic mass is 10.3. The molecule has 0 saturated heterocycles. The second-order valence-corrected chi connectivity index (χ2v) is 5.70. The number of sulfonamides is 1. The maximum absolute atomic E-state index is 12.9. The van der Waals surface area contributed by atoms with Gasteiger partial charge in [0.1, 0.15) is 5.82 Å². The van der Waals surface area contributed by atoms with Crippen LogP contribution < -0.4 is 10.0 Å². The Hall–Kier alpha value is -0.210. The van der Waals surface area contributed by atoms with E-state index in [-0.39, 0.29) is 28.3 Å². The van der Waals surface area contributed by atoms with Crippen LogP contribution >= 0.6 is 28.3 Å². The highest BCUT2D eigenvalue weighted by Crippen LogP contribution is 2.19. The molecule has 1 rings (SSSR count). The average molecular weight is 348 g/mol. The van der Waals surface area contributed by atoms with E-state index in [2.05, 4.69) is 26.0 Å².